The Balaban J connectivity index is 0.000000291. The van der Waals surface area contributed by atoms with Crippen LogP contribution in [-0.4, -0.2) is 0 Å². The van der Waals surface area contributed by atoms with E-state index >= 15 is 0 Å². The van der Waals surface area contributed by atoms with Crippen LogP contribution in [0.25, 0.3) is 0 Å². The maximum absolute atomic E-state index is 2.34. The molecule has 0 heterocycles. The van der Waals surface area contributed by atoms with Gasteiger partial charge in [-0.2, -0.15) is 0 Å². The zero-order chi connectivity index (χ0) is 7.28. The lowest BCUT2D eigenvalue weighted by Crippen LogP contribution is -1.85. The molecule has 0 saturated heterocycles. The SMILES string of the molecule is CC.CC1=CCC[C@H]1C. The van der Waals surface area contributed by atoms with E-state index in [1.807, 2.05) is 13.8 Å². The molecule has 0 spiro atoms. The smallest absolute Gasteiger partial charge is 0.0231 e. The van der Waals surface area contributed by atoms with E-state index in [4.69, 9.17) is 0 Å². The fourth-order valence-electron chi connectivity index (χ4n) is 0.990. The van der Waals surface area contributed by atoms with Crippen molar-refractivity contribution >= 4 is 0 Å². The van der Waals surface area contributed by atoms with E-state index in [9.17, 15) is 0 Å². The molecular formula is C9H18. The van der Waals surface area contributed by atoms with Crippen LogP contribution in [0.1, 0.15) is 40.5 Å². The van der Waals surface area contributed by atoms with Crippen molar-refractivity contribution in [1.82, 2.24) is 0 Å². The maximum Gasteiger partial charge on any atom is -0.0231 e. The van der Waals surface area contributed by atoms with Crippen LogP contribution >= 0.6 is 0 Å². The summed E-state index contributed by atoms with van der Waals surface area (Å²) >= 11 is 0. The van der Waals surface area contributed by atoms with Crippen molar-refractivity contribution in [2.24, 2.45) is 5.92 Å². The Labute approximate surface area is 59.0 Å². The summed E-state index contributed by atoms with van der Waals surface area (Å²) in [5.74, 6) is 0.875. The van der Waals surface area contributed by atoms with Crippen LogP contribution in [0.3, 0.4) is 0 Å². The average molecular weight is 126 g/mol. The Kier molecular flexibility index (Phi) is 4.47. The summed E-state index contributed by atoms with van der Waals surface area (Å²) in [4.78, 5) is 0. The van der Waals surface area contributed by atoms with Gasteiger partial charge in [-0.25, -0.2) is 0 Å². The van der Waals surface area contributed by atoms with E-state index in [1.165, 1.54) is 12.8 Å². The molecule has 0 N–H and O–H groups in total. The first-order chi connectivity index (χ1) is 4.30. The van der Waals surface area contributed by atoms with Crippen LogP contribution in [0.2, 0.25) is 0 Å². The molecule has 0 aromatic rings. The number of rotatable bonds is 0. The minimum atomic E-state index is 0.875. The summed E-state index contributed by atoms with van der Waals surface area (Å²) in [7, 11) is 0. The molecule has 0 heteroatoms. The topological polar surface area (TPSA) is 0 Å². The molecule has 0 fully saturated rings. The zero-order valence-electron chi connectivity index (χ0n) is 7.07. The van der Waals surface area contributed by atoms with Crippen molar-refractivity contribution in [3.8, 4) is 0 Å². The number of allylic oxidation sites excluding steroid dienone is 2. The Morgan fingerprint density at radius 3 is 2.11 bits per heavy atom. The molecule has 1 aliphatic carbocycles. The van der Waals surface area contributed by atoms with Gasteiger partial charge in [-0.15, -0.1) is 0 Å². The van der Waals surface area contributed by atoms with Gasteiger partial charge in [0.1, 0.15) is 0 Å². The van der Waals surface area contributed by atoms with E-state index in [2.05, 4.69) is 19.9 Å². The van der Waals surface area contributed by atoms with Crippen molar-refractivity contribution in [1.29, 1.82) is 0 Å². The molecule has 0 aliphatic heterocycles. The van der Waals surface area contributed by atoms with Crippen molar-refractivity contribution in [2.45, 2.75) is 40.5 Å². The van der Waals surface area contributed by atoms with Gasteiger partial charge in [-0.05, 0) is 25.7 Å². The quantitative estimate of drug-likeness (QED) is 0.436. The van der Waals surface area contributed by atoms with Crippen LogP contribution in [0, 0.1) is 5.92 Å². The molecule has 9 heavy (non-hydrogen) atoms. The summed E-state index contributed by atoms with van der Waals surface area (Å²) < 4.78 is 0. The van der Waals surface area contributed by atoms with Gasteiger partial charge in [0, 0.05) is 0 Å². The van der Waals surface area contributed by atoms with Gasteiger partial charge in [0.25, 0.3) is 0 Å². The Bertz CT molecular complexity index is 90.2. The molecule has 1 atom stereocenters. The number of hydrogen-bond donors (Lipinski definition) is 0. The number of hydrogen-bond acceptors (Lipinski definition) is 0. The lowest BCUT2D eigenvalue weighted by atomic mass is 10.1. The summed E-state index contributed by atoms with van der Waals surface area (Å²) in [6.07, 6.45) is 5.03. The fraction of sp³-hybridized carbons (Fsp3) is 0.778. The largest absolute Gasteiger partial charge is 0.0853 e. The van der Waals surface area contributed by atoms with Gasteiger partial charge >= 0.3 is 0 Å². The van der Waals surface area contributed by atoms with Crippen molar-refractivity contribution in [3.63, 3.8) is 0 Å². The molecule has 54 valence electrons. The molecule has 1 aliphatic rings. The molecule has 0 amide bonds. The molecule has 0 radical (unpaired) electrons. The standard InChI is InChI=1S/C7H12.C2H6/c1-6-4-3-5-7(6)2;1-2/h4,7H,3,5H2,1-2H3;1-2H3/t7-;/m1./s1. The third-order valence-electron chi connectivity index (χ3n) is 1.84. The summed E-state index contributed by atoms with van der Waals surface area (Å²) in [6.45, 7) is 8.51. The van der Waals surface area contributed by atoms with Crippen molar-refractivity contribution in [3.05, 3.63) is 11.6 Å². The summed E-state index contributed by atoms with van der Waals surface area (Å²) in [5, 5.41) is 0. The highest BCUT2D eigenvalue weighted by Gasteiger charge is 2.07. The second kappa shape index (κ2) is 4.60. The van der Waals surface area contributed by atoms with Crippen molar-refractivity contribution < 1.29 is 0 Å². The molecule has 0 aromatic heterocycles. The maximum atomic E-state index is 2.34. The first kappa shape index (κ1) is 8.74. The molecule has 0 unspecified atom stereocenters. The Hall–Kier alpha value is -0.260. The lowest BCUT2D eigenvalue weighted by molar-refractivity contribution is 0.670. The second-order valence-electron chi connectivity index (χ2n) is 2.43. The van der Waals surface area contributed by atoms with Gasteiger partial charge in [0.15, 0.2) is 0 Å². The summed E-state index contributed by atoms with van der Waals surface area (Å²) in [6, 6.07) is 0. The third-order valence-corrected chi connectivity index (χ3v) is 1.84. The Morgan fingerprint density at radius 2 is 2.00 bits per heavy atom. The van der Waals surface area contributed by atoms with Crippen LogP contribution < -0.4 is 0 Å². The third kappa shape index (κ3) is 2.69. The molecule has 0 aromatic carbocycles. The van der Waals surface area contributed by atoms with Crippen LogP contribution in [0.4, 0.5) is 0 Å². The highest BCUT2D eigenvalue weighted by atomic mass is 14.1. The molecule has 0 nitrogen and oxygen atoms in total. The van der Waals surface area contributed by atoms with Gasteiger partial charge in [-0.1, -0.05) is 32.4 Å². The van der Waals surface area contributed by atoms with E-state index in [0.717, 1.165) is 5.92 Å². The van der Waals surface area contributed by atoms with Gasteiger partial charge in [0.05, 0.1) is 0 Å². The molecule has 0 saturated carbocycles. The first-order valence-corrected chi connectivity index (χ1v) is 3.97. The fourth-order valence-corrected chi connectivity index (χ4v) is 0.990. The van der Waals surface area contributed by atoms with Crippen LogP contribution in [0.15, 0.2) is 11.6 Å². The highest BCUT2D eigenvalue weighted by molar-refractivity contribution is 5.07. The average Bonchev–Trinajstić information content (AvgIpc) is 2.23. The molecule has 1 rings (SSSR count). The minimum absolute atomic E-state index is 0.875. The molecule has 0 bridgehead atoms. The predicted molar refractivity (Wildman–Crippen MR) is 43.5 cm³/mol. The monoisotopic (exact) mass is 126 g/mol. The minimum Gasteiger partial charge on any atom is -0.0853 e. The van der Waals surface area contributed by atoms with Gasteiger partial charge in [0.2, 0.25) is 0 Å². The normalized spacial score (nSPS) is 24.4. The van der Waals surface area contributed by atoms with E-state index in [0.29, 0.717) is 0 Å². The van der Waals surface area contributed by atoms with E-state index in [1.54, 1.807) is 5.57 Å². The first-order valence-electron chi connectivity index (χ1n) is 3.97. The van der Waals surface area contributed by atoms with Crippen LogP contribution in [-0.2, 0) is 0 Å². The lowest BCUT2D eigenvalue weighted by Gasteiger charge is -1.98. The predicted octanol–water partition coefficient (Wildman–Crippen LogP) is 3.39. The van der Waals surface area contributed by atoms with E-state index < -0.39 is 0 Å². The van der Waals surface area contributed by atoms with Gasteiger partial charge < -0.3 is 0 Å². The highest BCUT2D eigenvalue weighted by Crippen LogP contribution is 2.23. The van der Waals surface area contributed by atoms with Gasteiger partial charge in [-0.3, -0.25) is 0 Å². The van der Waals surface area contributed by atoms with E-state index in [-0.39, 0.29) is 0 Å². The zero-order valence-corrected chi connectivity index (χ0v) is 7.07. The second-order valence-corrected chi connectivity index (χ2v) is 2.43. The molecular weight excluding hydrogens is 108 g/mol. The Morgan fingerprint density at radius 1 is 1.44 bits per heavy atom. The van der Waals surface area contributed by atoms with Crippen molar-refractivity contribution in [2.75, 3.05) is 0 Å². The summed E-state index contributed by atoms with van der Waals surface area (Å²) in [5.41, 5.74) is 1.58. The van der Waals surface area contributed by atoms with Crippen LogP contribution in [0.5, 0.6) is 0 Å².